The largest absolute Gasteiger partial charge is 0.396 e. The summed E-state index contributed by atoms with van der Waals surface area (Å²) in [6.07, 6.45) is 2.86. The molecule has 194 valence electrons. The molecule has 0 aromatic carbocycles. The van der Waals surface area contributed by atoms with E-state index in [4.69, 9.17) is 0 Å². The summed E-state index contributed by atoms with van der Waals surface area (Å²) in [5.41, 5.74) is 0. The summed E-state index contributed by atoms with van der Waals surface area (Å²) in [5.74, 6) is -3.96. The Bertz CT molecular complexity index is 714. The number of aliphatic hydroxyl groups is 3. The van der Waals surface area contributed by atoms with Gasteiger partial charge in [-0.25, -0.2) is 0 Å². The smallest absolute Gasteiger partial charge is 0.231 e. The molecule has 5 N–H and O–H groups in total. The number of hydrogen-bond donors (Lipinski definition) is 5. The van der Waals surface area contributed by atoms with Gasteiger partial charge in [-0.3, -0.25) is 24.0 Å². The normalized spacial score (nSPS) is 13.4. The Kier molecular flexibility index (Phi) is 17.1. The van der Waals surface area contributed by atoms with Gasteiger partial charge in [0.2, 0.25) is 11.8 Å². The van der Waals surface area contributed by atoms with Crippen LogP contribution in [0.5, 0.6) is 0 Å². The lowest BCUT2D eigenvalue weighted by molar-refractivity contribution is -0.135. The fourth-order valence-electron chi connectivity index (χ4n) is 2.97. The zero-order chi connectivity index (χ0) is 26.1. The highest BCUT2D eigenvalue weighted by Crippen LogP contribution is 2.10. The number of Topliss-reactive ketones (excluding diaryl/α,β-unsaturated/α-hetero) is 3. The third kappa shape index (κ3) is 14.2. The molecule has 3 unspecified atom stereocenters. The average molecular weight is 505 g/mol. The molecule has 0 spiro atoms. The van der Waals surface area contributed by atoms with Gasteiger partial charge in [0.25, 0.3) is 0 Å². The van der Waals surface area contributed by atoms with Crippen molar-refractivity contribution in [1.29, 1.82) is 0 Å². The maximum atomic E-state index is 12.5. The molecule has 12 heteroatoms. The monoisotopic (exact) mass is 504 g/mol. The van der Waals surface area contributed by atoms with E-state index in [2.05, 4.69) is 10.6 Å². The van der Waals surface area contributed by atoms with Crippen LogP contribution in [0.15, 0.2) is 0 Å². The molecule has 0 aliphatic carbocycles. The molecule has 0 fully saturated rings. The molecule has 0 heterocycles. The van der Waals surface area contributed by atoms with E-state index in [0.29, 0.717) is 12.8 Å². The first-order chi connectivity index (χ1) is 16.0. The van der Waals surface area contributed by atoms with Crippen LogP contribution in [-0.4, -0.2) is 87.3 Å². The van der Waals surface area contributed by atoms with Crippen LogP contribution in [-0.2, 0) is 28.8 Å². The Morgan fingerprint density at radius 1 is 0.735 bits per heavy atom. The fraction of sp³-hybridized carbons (Fsp3) is 0.727. The first-order valence-corrected chi connectivity index (χ1v) is 12.1. The van der Waals surface area contributed by atoms with Gasteiger partial charge in [0.1, 0.15) is 17.9 Å². The van der Waals surface area contributed by atoms with Crippen molar-refractivity contribution in [1.82, 2.24) is 10.6 Å². The number of rotatable bonds is 19. The van der Waals surface area contributed by atoms with Gasteiger partial charge < -0.3 is 30.7 Å². The molecule has 0 saturated carbocycles. The van der Waals surface area contributed by atoms with Crippen LogP contribution in [0.3, 0.4) is 0 Å². The molecule has 0 aliphatic rings. The maximum Gasteiger partial charge on any atom is 0.231 e. The molecule has 0 saturated heterocycles. The minimum absolute atomic E-state index is 0.107. The first-order valence-electron chi connectivity index (χ1n) is 11.2. The van der Waals surface area contributed by atoms with Crippen molar-refractivity contribution >= 4 is 46.0 Å². The van der Waals surface area contributed by atoms with Crippen LogP contribution in [0, 0.1) is 5.92 Å². The summed E-state index contributed by atoms with van der Waals surface area (Å²) in [6, 6.07) is -2.51. The number of amides is 2. The van der Waals surface area contributed by atoms with Crippen molar-refractivity contribution in [3.63, 3.8) is 0 Å². The van der Waals surface area contributed by atoms with Crippen molar-refractivity contribution < 1.29 is 44.1 Å². The highest BCUT2D eigenvalue weighted by Gasteiger charge is 2.29. The van der Waals surface area contributed by atoms with E-state index in [-0.39, 0.29) is 23.1 Å². The quantitative estimate of drug-likeness (QED) is 0.141. The molecule has 0 aliphatic heterocycles. The summed E-state index contributed by atoms with van der Waals surface area (Å²) in [6.45, 7) is 0.676. The van der Waals surface area contributed by atoms with E-state index >= 15 is 0 Å². The number of unbranched alkanes of at least 4 members (excludes halogenated alkanes) is 3. The fourth-order valence-corrected chi connectivity index (χ4v) is 3.39. The summed E-state index contributed by atoms with van der Waals surface area (Å²) in [7, 11) is 0. The Labute approximate surface area is 203 Å². The molecular formula is C22H36N2O9S. The van der Waals surface area contributed by atoms with Gasteiger partial charge in [-0.2, -0.15) is 0 Å². The van der Waals surface area contributed by atoms with E-state index in [9.17, 15) is 44.1 Å². The highest BCUT2D eigenvalue weighted by molar-refractivity contribution is 8.14. The van der Waals surface area contributed by atoms with Crippen molar-refractivity contribution in [2.24, 2.45) is 5.92 Å². The topological polar surface area (TPSA) is 187 Å². The molecule has 0 rings (SSSR count). The first kappa shape index (κ1) is 31.9. The number of aliphatic hydroxyl groups excluding tert-OH is 3. The van der Waals surface area contributed by atoms with Crippen molar-refractivity contribution in [3.05, 3.63) is 0 Å². The molecular weight excluding hydrogens is 468 g/mol. The Morgan fingerprint density at radius 3 is 1.79 bits per heavy atom. The standard InChI is InChI=1S/C22H36N2O9S/c1-14(28)7-5-3-4-6-8-19(30)17(11-26)24-22(33)16(10-25)9-20(31)18(12-27)23-21(32)13-34-15(2)29/h16-18,25-27H,3-13H2,1-2H3,(H,23,32)(H,24,33). The lowest BCUT2D eigenvalue weighted by atomic mass is 9.97. The second-order valence-electron chi connectivity index (χ2n) is 7.96. The van der Waals surface area contributed by atoms with E-state index in [1.165, 1.54) is 13.8 Å². The Morgan fingerprint density at radius 2 is 1.29 bits per heavy atom. The molecule has 0 aromatic heterocycles. The lowest BCUT2D eigenvalue weighted by Crippen LogP contribution is -2.49. The zero-order valence-corrected chi connectivity index (χ0v) is 20.5. The van der Waals surface area contributed by atoms with Crippen LogP contribution in [0.4, 0.5) is 0 Å². The second-order valence-corrected chi connectivity index (χ2v) is 9.11. The minimum atomic E-state index is -1.32. The predicted octanol–water partition coefficient (Wildman–Crippen LogP) is -0.713. The molecule has 3 atom stereocenters. The average Bonchev–Trinajstić information content (AvgIpc) is 2.79. The van der Waals surface area contributed by atoms with Crippen LogP contribution in [0.25, 0.3) is 0 Å². The summed E-state index contributed by atoms with van der Waals surface area (Å²) < 4.78 is 0. The van der Waals surface area contributed by atoms with Crippen LogP contribution in [0.2, 0.25) is 0 Å². The molecule has 0 bridgehead atoms. The third-order valence-corrected chi connectivity index (χ3v) is 5.75. The summed E-state index contributed by atoms with van der Waals surface area (Å²) in [4.78, 5) is 70.8. The van der Waals surface area contributed by atoms with Crippen molar-refractivity contribution in [2.75, 3.05) is 25.6 Å². The number of ketones is 3. The van der Waals surface area contributed by atoms with Gasteiger partial charge in [-0.1, -0.05) is 24.6 Å². The van der Waals surface area contributed by atoms with Gasteiger partial charge in [0.05, 0.1) is 31.5 Å². The zero-order valence-electron chi connectivity index (χ0n) is 19.7. The van der Waals surface area contributed by atoms with E-state index in [1.54, 1.807) is 0 Å². The highest BCUT2D eigenvalue weighted by atomic mass is 32.2. The second kappa shape index (κ2) is 18.2. The number of thioether (sulfide) groups is 1. The summed E-state index contributed by atoms with van der Waals surface area (Å²) >= 11 is 0.732. The van der Waals surface area contributed by atoms with Gasteiger partial charge in [-0.15, -0.1) is 0 Å². The minimum Gasteiger partial charge on any atom is -0.396 e. The Hall–Kier alpha value is -2.15. The summed E-state index contributed by atoms with van der Waals surface area (Å²) in [5, 5.41) is 32.7. The molecule has 11 nitrogen and oxygen atoms in total. The van der Waals surface area contributed by atoms with Gasteiger partial charge in [0.15, 0.2) is 16.7 Å². The predicted molar refractivity (Wildman–Crippen MR) is 125 cm³/mol. The SMILES string of the molecule is CC(=O)CCCCCCC(=O)C(CO)NC(=O)C(CO)CC(=O)C(CO)NC(=O)CSC(C)=O. The van der Waals surface area contributed by atoms with Gasteiger partial charge in [0, 0.05) is 26.2 Å². The third-order valence-electron chi connectivity index (χ3n) is 4.94. The number of carbonyl (C=O) groups is 6. The maximum absolute atomic E-state index is 12.5. The molecule has 0 aromatic rings. The van der Waals surface area contributed by atoms with E-state index in [0.717, 1.165) is 31.0 Å². The molecule has 0 radical (unpaired) electrons. The van der Waals surface area contributed by atoms with Crippen LogP contribution >= 0.6 is 11.8 Å². The molecule has 34 heavy (non-hydrogen) atoms. The van der Waals surface area contributed by atoms with Crippen LogP contribution < -0.4 is 10.6 Å². The van der Waals surface area contributed by atoms with Gasteiger partial charge in [-0.05, 0) is 19.8 Å². The molecule has 2 amide bonds. The lowest BCUT2D eigenvalue weighted by Gasteiger charge is -2.21. The number of carbonyl (C=O) groups excluding carboxylic acids is 6. The van der Waals surface area contributed by atoms with Crippen molar-refractivity contribution in [2.45, 2.75) is 70.9 Å². The van der Waals surface area contributed by atoms with E-state index < -0.39 is 67.6 Å². The van der Waals surface area contributed by atoms with Crippen LogP contribution in [0.1, 0.15) is 58.8 Å². The number of hydrogen-bond acceptors (Lipinski definition) is 10. The van der Waals surface area contributed by atoms with E-state index in [1.807, 2.05) is 0 Å². The Balaban J connectivity index is 4.70. The van der Waals surface area contributed by atoms with Crippen molar-refractivity contribution in [3.8, 4) is 0 Å². The van der Waals surface area contributed by atoms with Gasteiger partial charge >= 0.3 is 0 Å². The number of nitrogens with one attached hydrogen (secondary N) is 2.